The number of aryl methyl sites for hydroxylation is 2. The summed E-state index contributed by atoms with van der Waals surface area (Å²) in [7, 11) is 3.13. The summed E-state index contributed by atoms with van der Waals surface area (Å²) < 4.78 is 19.8. The average Bonchev–Trinajstić information content (AvgIpc) is 3.68. The van der Waals surface area contributed by atoms with Crippen molar-refractivity contribution in [3.05, 3.63) is 35.4 Å². The molecule has 5 atom stereocenters. The number of carbonyl (C=O) groups is 4. The lowest BCUT2D eigenvalue weighted by atomic mass is 10.0. The lowest BCUT2D eigenvalue weighted by Gasteiger charge is -2.29. The topological polar surface area (TPSA) is 167 Å². The molecule has 1 saturated heterocycles. The van der Waals surface area contributed by atoms with E-state index in [1.807, 2.05) is 43.6 Å². The van der Waals surface area contributed by atoms with E-state index in [0.29, 0.717) is 36.5 Å². The molecule has 1 unspecified atom stereocenters. The largest absolute Gasteiger partial charge is 0.471 e. The van der Waals surface area contributed by atoms with Gasteiger partial charge in [0.05, 0.1) is 24.9 Å². The van der Waals surface area contributed by atoms with Crippen molar-refractivity contribution in [3.63, 3.8) is 0 Å². The van der Waals surface area contributed by atoms with Crippen LogP contribution in [0.4, 0.5) is 4.79 Å². The van der Waals surface area contributed by atoms with Crippen molar-refractivity contribution >= 4 is 45.4 Å². The van der Waals surface area contributed by atoms with Gasteiger partial charge in [-0.15, -0.1) is 11.3 Å². The number of methoxy groups -OCH3 is 1. The van der Waals surface area contributed by atoms with Gasteiger partial charge in [0.1, 0.15) is 40.2 Å². The highest BCUT2D eigenvalue weighted by Gasteiger charge is 2.62. The molecule has 51 heavy (non-hydrogen) atoms. The van der Waals surface area contributed by atoms with E-state index in [4.69, 9.17) is 24.2 Å². The van der Waals surface area contributed by atoms with E-state index in [9.17, 15) is 19.2 Å². The van der Waals surface area contributed by atoms with E-state index < -0.39 is 47.6 Å². The van der Waals surface area contributed by atoms with E-state index in [2.05, 4.69) is 15.7 Å². The van der Waals surface area contributed by atoms with Crippen molar-refractivity contribution in [2.24, 2.45) is 13.0 Å². The molecule has 2 N–H and O–H groups in total. The third-order valence-corrected chi connectivity index (χ3v) is 11.3. The van der Waals surface area contributed by atoms with Crippen molar-refractivity contribution in [2.45, 2.75) is 107 Å². The SMILES string of the molecule is COC(=O)[C@@]12C[C@H]1/C=C\CCCCCC(NC(=O)OC1CCCC1)C(=O)N1C[C@H](Oc3nc(-c4cc(C)nn4C)nc4ccsc34)C[C@H]1C(=O)N2. The zero-order valence-electron chi connectivity index (χ0n) is 29.3. The van der Waals surface area contributed by atoms with E-state index in [0.717, 1.165) is 61.0 Å². The van der Waals surface area contributed by atoms with Gasteiger partial charge in [0, 0.05) is 19.4 Å². The molecular weight excluding hydrogens is 675 g/mol. The minimum atomic E-state index is -1.20. The molecule has 15 heteroatoms. The van der Waals surface area contributed by atoms with Crippen LogP contribution in [0.1, 0.15) is 76.3 Å². The van der Waals surface area contributed by atoms with Gasteiger partial charge >= 0.3 is 12.1 Å². The second-order valence-corrected chi connectivity index (χ2v) is 15.0. The second kappa shape index (κ2) is 14.6. The van der Waals surface area contributed by atoms with Gasteiger partial charge < -0.3 is 29.7 Å². The summed E-state index contributed by atoms with van der Waals surface area (Å²) in [5, 5.41) is 12.2. The Labute approximate surface area is 300 Å². The van der Waals surface area contributed by atoms with Crippen LogP contribution in [-0.4, -0.2) is 92.0 Å². The van der Waals surface area contributed by atoms with Crippen LogP contribution in [0.2, 0.25) is 0 Å². The molecule has 14 nitrogen and oxygen atoms in total. The van der Waals surface area contributed by atoms with Crippen molar-refractivity contribution < 1.29 is 33.4 Å². The maximum atomic E-state index is 14.5. The Morgan fingerprint density at radius 2 is 1.88 bits per heavy atom. The van der Waals surface area contributed by atoms with Crippen molar-refractivity contribution in [3.8, 4) is 17.4 Å². The van der Waals surface area contributed by atoms with Gasteiger partial charge in [-0.2, -0.15) is 10.1 Å². The summed E-state index contributed by atoms with van der Waals surface area (Å²) in [4.78, 5) is 65.9. The third kappa shape index (κ3) is 7.30. The molecule has 3 fully saturated rings. The summed E-state index contributed by atoms with van der Waals surface area (Å²) in [5.74, 6) is -0.818. The quantitative estimate of drug-likeness (QED) is 0.276. The highest BCUT2D eigenvalue weighted by atomic mass is 32.1. The van der Waals surface area contributed by atoms with Gasteiger partial charge in [0.25, 0.3) is 0 Å². The van der Waals surface area contributed by atoms with Gasteiger partial charge in [0.2, 0.25) is 17.7 Å². The number of rotatable bonds is 6. The highest BCUT2D eigenvalue weighted by Crippen LogP contribution is 2.46. The van der Waals surface area contributed by atoms with Crippen molar-refractivity contribution in [2.75, 3.05) is 13.7 Å². The number of hydrogen-bond acceptors (Lipinski definition) is 11. The number of carbonyl (C=O) groups excluding carboxylic acids is 4. The Morgan fingerprint density at radius 1 is 1.08 bits per heavy atom. The Morgan fingerprint density at radius 3 is 2.65 bits per heavy atom. The fraction of sp³-hybridized carbons (Fsp3) is 0.583. The number of alkyl carbamates (subject to hydrolysis) is 1. The number of esters is 1. The average molecular weight is 720 g/mol. The summed E-state index contributed by atoms with van der Waals surface area (Å²) in [6.07, 6.45) is 10.4. The Bertz CT molecular complexity index is 1830. The molecule has 3 aromatic heterocycles. The Balaban J connectivity index is 1.19. The van der Waals surface area contributed by atoms with Gasteiger partial charge in [-0.3, -0.25) is 14.3 Å². The van der Waals surface area contributed by atoms with E-state index in [-0.39, 0.29) is 25.0 Å². The van der Waals surface area contributed by atoms with Crippen LogP contribution < -0.4 is 15.4 Å². The van der Waals surface area contributed by atoms with Crippen LogP contribution in [0, 0.1) is 12.8 Å². The molecule has 0 aromatic carbocycles. The van der Waals surface area contributed by atoms with Crippen LogP contribution in [-0.2, 0) is 30.9 Å². The number of fused-ring (bicyclic) bond motifs is 3. The first kappa shape index (κ1) is 34.9. The number of aromatic nitrogens is 4. The smallest absolute Gasteiger partial charge is 0.408 e. The van der Waals surface area contributed by atoms with Gasteiger partial charge in [-0.25, -0.2) is 14.6 Å². The molecule has 0 radical (unpaired) electrons. The molecular formula is C36H45N7O7S. The monoisotopic (exact) mass is 719 g/mol. The standard InChI is InChI=1S/C36H45N7O7S/c1-21-17-27(42(2)41-21)30-37-25-15-16-51-29(25)32(39-30)49-24-18-28-31(44)40-36(34(46)48-3)19-22(36)11-7-5-4-6-8-14-26(33(45)43(28)20-24)38-35(47)50-23-12-9-10-13-23/h7,11,15-17,22-24,26,28H,4-6,8-10,12-14,18-20H2,1-3H3,(H,38,47)(H,40,44)/b11-7-/t22-,24-,26?,28+,36-/m1/s1. The maximum absolute atomic E-state index is 14.5. The predicted octanol–water partition coefficient (Wildman–Crippen LogP) is 4.35. The Hall–Kier alpha value is -4.53. The predicted molar refractivity (Wildman–Crippen MR) is 188 cm³/mol. The normalized spacial score (nSPS) is 27.9. The number of ether oxygens (including phenoxy) is 3. The van der Waals surface area contributed by atoms with E-state index >= 15 is 0 Å². The molecule has 5 heterocycles. The van der Waals surface area contributed by atoms with Gasteiger partial charge in [-0.1, -0.05) is 25.0 Å². The summed E-state index contributed by atoms with van der Waals surface area (Å²) in [6.45, 7) is 1.96. The number of amides is 3. The molecule has 3 amide bonds. The highest BCUT2D eigenvalue weighted by molar-refractivity contribution is 7.17. The fourth-order valence-corrected chi connectivity index (χ4v) is 8.42. The Kier molecular flexibility index (Phi) is 9.99. The van der Waals surface area contributed by atoms with Crippen LogP contribution in [0.15, 0.2) is 29.7 Å². The van der Waals surface area contributed by atoms with E-state index in [1.54, 1.807) is 4.68 Å². The zero-order chi connectivity index (χ0) is 35.7. The molecule has 0 spiro atoms. The first-order chi connectivity index (χ1) is 24.6. The molecule has 0 bridgehead atoms. The van der Waals surface area contributed by atoms with Crippen molar-refractivity contribution in [1.82, 2.24) is 35.3 Å². The number of nitrogens with one attached hydrogen (secondary N) is 2. The number of nitrogens with zero attached hydrogens (tertiary/aromatic N) is 5. The van der Waals surface area contributed by atoms with Gasteiger partial charge in [-0.05, 0) is 75.8 Å². The minimum absolute atomic E-state index is 0.0678. The van der Waals surface area contributed by atoms with E-state index in [1.165, 1.54) is 23.3 Å². The second-order valence-electron chi connectivity index (χ2n) is 14.1. The fourth-order valence-electron chi connectivity index (χ4n) is 7.66. The first-order valence-corrected chi connectivity index (χ1v) is 18.8. The number of thiophene rings is 1. The molecule has 3 aromatic rings. The molecule has 2 aliphatic carbocycles. The van der Waals surface area contributed by atoms with Gasteiger partial charge in [0.15, 0.2) is 5.82 Å². The molecule has 7 rings (SSSR count). The third-order valence-electron chi connectivity index (χ3n) is 10.4. The lowest BCUT2D eigenvalue weighted by molar-refractivity contribution is -0.148. The molecule has 272 valence electrons. The minimum Gasteiger partial charge on any atom is -0.471 e. The molecule has 2 saturated carbocycles. The maximum Gasteiger partial charge on any atom is 0.408 e. The summed E-state index contributed by atoms with van der Waals surface area (Å²) in [6, 6.07) is 1.91. The molecule has 2 aliphatic heterocycles. The van der Waals surface area contributed by atoms with Crippen LogP contribution in [0.3, 0.4) is 0 Å². The lowest BCUT2D eigenvalue weighted by Crippen LogP contribution is -2.56. The first-order valence-electron chi connectivity index (χ1n) is 17.9. The number of allylic oxidation sites excluding steroid dienone is 1. The van der Waals surface area contributed by atoms with Crippen LogP contribution >= 0.6 is 11.3 Å². The van der Waals surface area contributed by atoms with Crippen LogP contribution in [0.5, 0.6) is 5.88 Å². The van der Waals surface area contributed by atoms with Crippen molar-refractivity contribution in [1.29, 1.82) is 0 Å². The number of hydrogen-bond donors (Lipinski definition) is 2. The van der Waals surface area contributed by atoms with Crippen LogP contribution in [0.25, 0.3) is 21.7 Å². The zero-order valence-corrected chi connectivity index (χ0v) is 30.1. The summed E-state index contributed by atoms with van der Waals surface area (Å²) in [5.41, 5.74) is 1.05. The summed E-state index contributed by atoms with van der Waals surface area (Å²) >= 11 is 1.44. The molecule has 4 aliphatic rings.